The van der Waals surface area contributed by atoms with Crippen molar-refractivity contribution in [3.8, 4) is 0 Å². The van der Waals surface area contributed by atoms with Crippen molar-refractivity contribution >= 4 is 51.0 Å². The van der Waals surface area contributed by atoms with Crippen LogP contribution in [0.4, 0.5) is 0 Å². The van der Waals surface area contributed by atoms with E-state index in [0.717, 1.165) is 48.7 Å². The first-order valence-electron chi connectivity index (χ1n) is 9.69. The lowest BCUT2D eigenvalue weighted by atomic mass is 10.3. The maximum absolute atomic E-state index is 11.7. The van der Waals surface area contributed by atoms with Crippen LogP contribution in [0.3, 0.4) is 0 Å². The highest BCUT2D eigenvalue weighted by Gasteiger charge is 2.14. The maximum Gasteiger partial charge on any atom is 0.213 e. The van der Waals surface area contributed by atoms with E-state index in [1.54, 1.807) is 21.0 Å². The van der Waals surface area contributed by atoms with Crippen LogP contribution in [0.1, 0.15) is 25.6 Å². The van der Waals surface area contributed by atoms with Crippen molar-refractivity contribution in [2.24, 2.45) is 4.99 Å². The van der Waals surface area contributed by atoms with Crippen LogP contribution in [0.15, 0.2) is 29.3 Å². The predicted octanol–water partition coefficient (Wildman–Crippen LogP) is 2.19. The summed E-state index contributed by atoms with van der Waals surface area (Å²) in [5.41, 5.74) is 2.19. The highest BCUT2D eigenvalue weighted by molar-refractivity contribution is 14.0. The molecular formula is C19H33IN6O2S. The molecule has 0 saturated carbocycles. The summed E-state index contributed by atoms with van der Waals surface area (Å²) < 4.78 is 27.1. The monoisotopic (exact) mass is 536 g/mol. The predicted molar refractivity (Wildman–Crippen MR) is 131 cm³/mol. The summed E-state index contributed by atoms with van der Waals surface area (Å²) in [6.45, 7) is 6.51. The van der Waals surface area contributed by atoms with E-state index in [9.17, 15) is 8.42 Å². The number of nitrogens with one attached hydrogen (secondary N) is 2. The Balaban J connectivity index is 0.00000420. The number of sulfonamides is 1. The minimum atomic E-state index is -3.11. The summed E-state index contributed by atoms with van der Waals surface area (Å²) in [6, 6.07) is 8.17. The third-order valence-electron chi connectivity index (χ3n) is 4.70. The fraction of sp³-hybridized carbons (Fsp3) is 0.579. The number of imidazole rings is 1. The number of guanidine groups is 1. The van der Waals surface area contributed by atoms with Crippen molar-refractivity contribution in [2.75, 3.05) is 39.5 Å². The van der Waals surface area contributed by atoms with Crippen LogP contribution in [0.2, 0.25) is 0 Å². The minimum Gasteiger partial charge on any atom is -0.356 e. The minimum absolute atomic E-state index is 0. The average Bonchev–Trinajstić information content (AvgIpc) is 3.01. The Morgan fingerprint density at radius 2 is 1.86 bits per heavy atom. The van der Waals surface area contributed by atoms with Crippen LogP contribution in [0, 0.1) is 6.92 Å². The molecule has 10 heteroatoms. The van der Waals surface area contributed by atoms with Crippen molar-refractivity contribution in [1.29, 1.82) is 0 Å². The molecule has 164 valence electrons. The average molecular weight is 536 g/mol. The number of aryl methyl sites for hydroxylation is 2. The molecule has 8 nitrogen and oxygen atoms in total. The summed E-state index contributed by atoms with van der Waals surface area (Å²) in [4.78, 5) is 8.81. The van der Waals surface area contributed by atoms with Crippen molar-refractivity contribution in [3.05, 3.63) is 30.1 Å². The van der Waals surface area contributed by atoms with Crippen LogP contribution in [0.5, 0.6) is 0 Å². The van der Waals surface area contributed by atoms with E-state index in [1.807, 2.05) is 25.1 Å². The van der Waals surface area contributed by atoms with E-state index in [4.69, 9.17) is 0 Å². The summed E-state index contributed by atoms with van der Waals surface area (Å²) in [5.74, 6) is 1.88. The van der Waals surface area contributed by atoms with Gasteiger partial charge in [-0.25, -0.2) is 17.7 Å². The molecule has 0 amide bonds. The lowest BCUT2D eigenvalue weighted by Gasteiger charge is -2.17. The van der Waals surface area contributed by atoms with Crippen LogP contribution in [0.25, 0.3) is 11.0 Å². The van der Waals surface area contributed by atoms with Crippen LogP contribution >= 0.6 is 24.0 Å². The Labute approximate surface area is 191 Å². The molecule has 0 saturated heterocycles. The van der Waals surface area contributed by atoms with Gasteiger partial charge in [0.15, 0.2) is 5.96 Å². The number of halogens is 1. The summed E-state index contributed by atoms with van der Waals surface area (Å²) >= 11 is 0. The first-order valence-corrected chi connectivity index (χ1v) is 11.3. The van der Waals surface area contributed by atoms with E-state index in [0.29, 0.717) is 13.1 Å². The molecule has 2 rings (SSSR count). The molecule has 0 radical (unpaired) electrons. The lowest BCUT2D eigenvalue weighted by molar-refractivity contribution is 0.461. The number of benzene rings is 1. The summed E-state index contributed by atoms with van der Waals surface area (Å²) in [6.07, 6.45) is 1.66. The molecule has 0 spiro atoms. The Kier molecular flexibility index (Phi) is 10.9. The van der Waals surface area contributed by atoms with Gasteiger partial charge >= 0.3 is 0 Å². The molecule has 0 bridgehead atoms. The lowest BCUT2D eigenvalue weighted by Crippen LogP contribution is -2.39. The number of hydrogen-bond donors (Lipinski definition) is 2. The molecule has 2 aromatic rings. The van der Waals surface area contributed by atoms with Crippen molar-refractivity contribution in [1.82, 2.24) is 24.5 Å². The summed E-state index contributed by atoms with van der Waals surface area (Å²) in [7, 11) is 0.241. The zero-order chi connectivity index (χ0) is 20.6. The van der Waals surface area contributed by atoms with Gasteiger partial charge in [-0.15, -0.1) is 24.0 Å². The number of nitrogens with zero attached hydrogens (tertiary/aromatic N) is 4. The Bertz CT molecular complexity index is 897. The van der Waals surface area contributed by atoms with Crippen molar-refractivity contribution in [2.45, 2.75) is 33.2 Å². The third-order valence-corrected chi connectivity index (χ3v) is 6.56. The van der Waals surface area contributed by atoms with Gasteiger partial charge < -0.3 is 15.2 Å². The molecule has 0 aliphatic heterocycles. The van der Waals surface area contributed by atoms with E-state index < -0.39 is 10.0 Å². The molecule has 1 aromatic carbocycles. The van der Waals surface area contributed by atoms with Crippen molar-refractivity contribution in [3.63, 3.8) is 0 Å². The van der Waals surface area contributed by atoms with Gasteiger partial charge in [-0.1, -0.05) is 12.1 Å². The van der Waals surface area contributed by atoms with Gasteiger partial charge in [0, 0.05) is 40.3 Å². The second-order valence-corrected chi connectivity index (χ2v) is 9.02. The fourth-order valence-electron chi connectivity index (χ4n) is 3.01. The van der Waals surface area contributed by atoms with Crippen molar-refractivity contribution < 1.29 is 8.42 Å². The van der Waals surface area contributed by atoms with Gasteiger partial charge in [-0.3, -0.25) is 4.99 Å². The Morgan fingerprint density at radius 1 is 1.21 bits per heavy atom. The van der Waals surface area contributed by atoms with Crippen LogP contribution < -0.4 is 10.6 Å². The number of aromatic nitrogens is 2. The topological polar surface area (TPSA) is 91.6 Å². The Hall–Kier alpha value is -1.40. The quantitative estimate of drug-likeness (QED) is 0.210. The van der Waals surface area contributed by atoms with Crippen LogP contribution in [-0.2, 0) is 16.6 Å². The first kappa shape index (κ1) is 25.6. The van der Waals surface area contributed by atoms with Gasteiger partial charge in [-0.05, 0) is 38.8 Å². The molecular weight excluding hydrogens is 503 g/mol. The second-order valence-electron chi connectivity index (χ2n) is 6.65. The van der Waals surface area contributed by atoms with Gasteiger partial charge in [0.05, 0.1) is 16.8 Å². The van der Waals surface area contributed by atoms with E-state index in [2.05, 4.69) is 31.2 Å². The van der Waals surface area contributed by atoms with Gasteiger partial charge in [0.2, 0.25) is 10.0 Å². The van der Waals surface area contributed by atoms with E-state index >= 15 is 0 Å². The highest BCUT2D eigenvalue weighted by Crippen LogP contribution is 2.15. The molecule has 0 fully saturated rings. The zero-order valence-corrected chi connectivity index (χ0v) is 20.8. The molecule has 1 heterocycles. The molecule has 29 heavy (non-hydrogen) atoms. The number of aliphatic imine (C=N–C) groups is 1. The van der Waals surface area contributed by atoms with Gasteiger partial charge in [0.1, 0.15) is 5.82 Å². The molecule has 0 aliphatic rings. The van der Waals surface area contributed by atoms with E-state index in [1.165, 1.54) is 4.31 Å². The molecule has 0 unspecified atom stereocenters. The molecule has 1 aromatic heterocycles. The molecule has 2 N–H and O–H groups in total. The first-order chi connectivity index (χ1) is 13.4. The fourth-order valence-corrected chi connectivity index (χ4v) is 3.86. The largest absolute Gasteiger partial charge is 0.356 e. The Morgan fingerprint density at radius 3 is 2.52 bits per heavy atom. The molecule has 0 atom stereocenters. The number of fused-ring (bicyclic) bond motifs is 1. The normalized spacial score (nSPS) is 12.2. The standard InChI is InChI=1S/C19H32N6O2S.HI/c1-5-28(26,27)24(4)14-8-12-21-19(20-3)22-13-9-15-25-16(2)23-17-10-6-7-11-18(17)25;/h6-7,10-11H,5,8-9,12-15H2,1-4H3,(H2,20,21,22);1H. The molecule has 0 aliphatic carbocycles. The smallest absolute Gasteiger partial charge is 0.213 e. The van der Waals surface area contributed by atoms with Gasteiger partial charge in [-0.2, -0.15) is 0 Å². The maximum atomic E-state index is 11.7. The van der Waals surface area contributed by atoms with E-state index in [-0.39, 0.29) is 29.7 Å². The summed E-state index contributed by atoms with van der Waals surface area (Å²) in [5, 5.41) is 6.53. The SMILES string of the molecule is CCS(=O)(=O)N(C)CCCNC(=NC)NCCCn1c(C)nc2ccccc21.I. The number of rotatable bonds is 10. The third kappa shape index (κ3) is 7.41. The highest BCUT2D eigenvalue weighted by atomic mass is 127. The zero-order valence-electron chi connectivity index (χ0n) is 17.7. The number of para-hydroxylation sites is 2. The van der Waals surface area contributed by atoms with Gasteiger partial charge in [0.25, 0.3) is 0 Å². The second kappa shape index (κ2) is 12.3. The number of hydrogen-bond acceptors (Lipinski definition) is 4. The van der Waals surface area contributed by atoms with Crippen LogP contribution in [-0.4, -0.2) is 67.7 Å².